The number of nitrogens with zero attached hydrogens (tertiary/aromatic N) is 1. The molecule has 0 aromatic heterocycles. The largest absolute Gasteiger partial charge is 0.482 e. The molecule has 1 fully saturated rings. The van der Waals surface area contributed by atoms with Crippen molar-refractivity contribution in [3.05, 3.63) is 42.5 Å². The van der Waals surface area contributed by atoms with Gasteiger partial charge >= 0.3 is 0 Å². The van der Waals surface area contributed by atoms with E-state index in [2.05, 4.69) is 10.0 Å². The molecule has 2 heterocycles. The van der Waals surface area contributed by atoms with Crippen LogP contribution in [0, 0.1) is 0 Å². The van der Waals surface area contributed by atoms with Crippen molar-refractivity contribution in [2.45, 2.75) is 35.5 Å². The summed E-state index contributed by atoms with van der Waals surface area (Å²) in [6.45, 7) is 0.870. The van der Waals surface area contributed by atoms with Gasteiger partial charge in [0.1, 0.15) is 5.75 Å². The first-order valence-corrected chi connectivity index (χ1v) is 12.9. The normalized spacial score (nSPS) is 17.7. The number of ether oxygens (including phenoxy) is 1. The standard InChI is InChI=1S/C20H23N3O6S2/c24-20-14-29-19-10-9-17(13-18(19)21-20)30(25,26)22-15-5-7-16(8-6-15)31(27,28)23-11-3-1-2-4-12-23/h5-10,13,22H,1-4,11-12,14H2,(H,21,24). The van der Waals surface area contributed by atoms with Gasteiger partial charge in [-0.15, -0.1) is 0 Å². The van der Waals surface area contributed by atoms with Gasteiger partial charge in [0, 0.05) is 18.8 Å². The fourth-order valence-electron chi connectivity index (χ4n) is 3.57. The van der Waals surface area contributed by atoms with Crippen LogP contribution in [0.2, 0.25) is 0 Å². The Morgan fingerprint density at radius 2 is 1.52 bits per heavy atom. The van der Waals surface area contributed by atoms with E-state index in [1.54, 1.807) is 0 Å². The molecule has 0 bridgehead atoms. The molecule has 1 amide bonds. The van der Waals surface area contributed by atoms with Crippen LogP contribution in [0.5, 0.6) is 5.75 Å². The number of carbonyl (C=O) groups is 1. The summed E-state index contributed by atoms with van der Waals surface area (Å²) in [5, 5.41) is 2.57. The number of anilines is 2. The van der Waals surface area contributed by atoms with Gasteiger partial charge in [-0.05, 0) is 55.3 Å². The van der Waals surface area contributed by atoms with Crippen LogP contribution in [0.25, 0.3) is 0 Å². The first kappa shape index (κ1) is 21.6. The molecule has 166 valence electrons. The average Bonchev–Trinajstić information content (AvgIpc) is 3.03. The monoisotopic (exact) mass is 465 g/mol. The van der Waals surface area contributed by atoms with Crippen LogP contribution in [0.4, 0.5) is 11.4 Å². The molecule has 2 aliphatic heterocycles. The maximum atomic E-state index is 12.9. The Balaban J connectivity index is 1.52. The molecule has 0 spiro atoms. The fraction of sp³-hybridized carbons (Fsp3) is 0.350. The Labute approximate surface area is 181 Å². The minimum absolute atomic E-state index is 0.0571. The first-order valence-electron chi connectivity index (χ1n) is 9.95. The number of hydrogen-bond acceptors (Lipinski definition) is 6. The number of nitrogens with one attached hydrogen (secondary N) is 2. The zero-order valence-corrected chi connectivity index (χ0v) is 18.3. The van der Waals surface area contributed by atoms with E-state index in [0.29, 0.717) is 18.8 Å². The highest BCUT2D eigenvalue weighted by Crippen LogP contribution is 2.31. The SMILES string of the molecule is O=C1COc2ccc(S(=O)(=O)Nc3ccc(S(=O)(=O)N4CCCCCC4)cc3)cc2N1. The Morgan fingerprint density at radius 1 is 0.871 bits per heavy atom. The maximum Gasteiger partial charge on any atom is 0.262 e. The smallest absolute Gasteiger partial charge is 0.262 e. The Morgan fingerprint density at radius 3 is 2.19 bits per heavy atom. The van der Waals surface area contributed by atoms with Gasteiger partial charge in [0.15, 0.2) is 6.61 Å². The summed E-state index contributed by atoms with van der Waals surface area (Å²) in [5.41, 5.74) is 0.505. The second kappa shape index (κ2) is 8.48. The number of amides is 1. The third-order valence-corrected chi connectivity index (χ3v) is 8.50. The predicted molar refractivity (Wildman–Crippen MR) is 115 cm³/mol. The molecular weight excluding hydrogens is 442 g/mol. The van der Waals surface area contributed by atoms with Crippen LogP contribution in [0.3, 0.4) is 0 Å². The summed E-state index contributed by atoms with van der Waals surface area (Å²) in [5.74, 6) is 0.0258. The van der Waals surface area contributed by atoms with Crippen LogP contribution in [0.15, 0.2) is 52.3 Å². The van der Waals surface area contributed by atoms with Gasteiger partial charge in [-0.3, -0.25) is 9.52 Å². The molecule has 0 unspecified atom stereocenters. The fourth-order valence-corrected chi connectivity index (χ4v) is 6.17. The first-order chi connectivity index (χ1) is 14.8. The second-order valence-corrected chi connectivity index (χ2v) is 11.1. The topological polar surface area (TPSA) is 122 Å². The summed E-state index contributed by atoms with van der Waals surface area (Å²) < 4.78 is 60.4. The van der Waals surface area contributed by atoms with Gasteiger partial charge < -0.3 is 10.1 Å². The Bertz CT molecular complexity index is 1190. The van der Waals surface area contributed by atoms with Crippen molar-refractivity contribution in [2.24, 2.45) is 0 Å². The summed E-state index contributed by atoms with van der Waals surface area (Å²) in [6.07, 6.45) is 3.71. The quantitative estimate of drug-likeness (QED) is 0.699. The lowest BCUT2D eigenvalue weighted by molar-refractivity contribution is -0.118. The molecule has 2 aliphatic rings. The van der Waals surface area contributed by atoms with Crippen molar-refractivity contribution in [2.75, 3.05) is 29.7 Å². The van der Waals surface area contributed by atoms with Crippen LogP contribution in [0.1, 0.15) is 25.7 Å². The number of benzene rings is 2. The lowest BCUT2D eigenvalue weighted by atomic mass is 10.2. The number of fused-ring (bicyclic) bond motifs is 1. The molecule has 0 aliphatic carbocycles. The summed E-state index contributed by atoms with van der Waals surface area (Å²) >= 11 is 0. The number of hydrogen-bond donors (Lipinski definition) is 2. The summed E-state index contributed by atoms with van der Waals surface area (Å²) in [4.78, 5) is 11.5. The number of carbonyl (C=O) groups excluding carboxylic acids is 1. The van der Waals surface area contributed by atoms with Crippen molar-refractivity contribution < 1.29 is 26.4 Å². The molecular formula is C20H23N3O6S2. The van der Waals surface area contributed by atoms with Crippen molar-refractivity contribution in [3.8, 4) is 5.75 Å². The van der Waals surface area contributed by atoms with Gasteiger partial charge in [-0.25, -0.2) is 16.8 Å². The zero-order chi connectivity index (χ0) is 22.1. The van der Waals surface area contributed by atoms with Crippen molar-refractivity contribution >= 4 is 37.3 Å². The number of sulfonamides is 2. The van der Waals surface area contributed by atoms with Gasteiger partial charge in [0.2, 0.25) is 10.0 Å². The molecule has 1 saturated heterocycles. The van der Waals surface area contributed by atoms with Gasteiger partial charge in [0.05, 0.1) is 15.5 Å². The molecule has 0 saturated carbocycles. The Kier molecular flexibility index (Phi) is 5.91. The van der Waals surface area contributed by atoms with Crippen molar-refractivity contribution in [1.82, 2.24) is 4.31 Å². The molecule has 31 heavy (non-hydrogen) atoms. The maximum absolute atomic E-state index is 12.9. The molecule has 9 nitrogen and oxygen atoms in total. The highest BCUT2D eigenvalue weighted by atomic mass is 32.2. The van der Waals surface area contributed by atoms with Crippen molar-refractivity contribution in [3.63, 3.8) is 0 Å². The van der Waals surface area contributed by atoms with E-state index in [9.17, 15) is 21.6 Å². The van der Waals surface area contributed by atoms with E-state index in [4.69, 9.17) is 4.74 Å². The number of rotatable bonds is 5. The Hall–Kier alpha value is -2.63. The zero-order valence-electron chi connectivity index (χ0n) is 16.7. The summed E-state index contributed by atoms with van der Waals surface area (Å²) in [6, 6.07) is 9.80. The van der Waals surface area contributed by atoms with E-state index >= 15 is 0 Å². The van der Waals surface area contributed by atoms with E-state index < -0.39 is 20.0 Å². The second-order valence-electron chi connectivity index (χ2n) is 7.44. The summed E-state index contributed by atoms with van der Waals surface area (Å²) in [7, 11) is -7.57. The highest BCUT2D eigenvalue weighted by Gasteiger charge is 2.25. The minimum Gasteiger partial charge on any atom is -0.482 e. The van der Waals surface area contributed by atoms with Gasteiger partial charge in [0.25, 0.3) is 15.9 Å². The van der Waals surface area contributed by atoms with Crippen LogP contribution in [-0.2, 0) is 24.8 Å². The van der Waals surface area contributed by atoms with E-state index in [1.165, 1.54) is 46.8 Å². The molecule has 0 radical (unpaired) electrons. The van der Waals surface area contributed by atoms with Crippen molar-refractivity contribution in [1.29, 1.82) is 0 Å². The van der Waals surface area contributed by atoms with Gasteiger partial charge in [-0.1, -0.05) is 12.8 Å². The molecule has 0 atom stereocenters. The van der Waals surface area contributed by atoms with Crippen LogP contribution < -0.4 is 14.8 Å². The lowest BCUT2D eigenvalue weighted by Gasteiger charge is -2.20. The third kappa shape index (κ3) is 4.68. The third-order valence-electron chi connectivity index (χ3n) is 5.20. The van der Waals surface area contributed by atoms with E-state index in [-0.39, 0.29) is 33.7 Å². The minimum atomic E-state index is -3.95. The molecule has 2 aromatic rings. The van der Waals surface area contributed by atoms with E-state index in [1.807, 2.05) is 0 Å². The predicted octanol–water partition coefficient (Wildman–Crippen LogP) is 2.38. The van der Waals surface area contributed by atoms with E-state index in [0.717, 1.165) is 25.7 Å². The molecule has 4 rings (SSSR count). The average molecular weight is 466 g/mol. The van der Waals surface area contributed by atoms with Gasteiger partial charge in [-0.2, -0.15) is 4.31 Å². The molecule has 2 N–H and O–H groups in total. The van der Waals surface area contributed by atoms with Crippen LogP contribution in [-0.4, -0.2) is 46.7 Å². The molecule has 2 aromatic carbocycles. The lowest BCUT2D eigenvalue weighted by Crippen LogP contribution is -2.31. The molecule has 11 heteroatoms. The van der Waals surface area contributed by atoms with Crippen LogP contribution >= 0.6 is 0 Å². The highest BCUT2D eigenvalue weighted by molar-refractivity contribution is 7.92.